The van der Waals surface area contributed by atoms with Crippen LogP contribution in [0.3, 0.4) is 0 Å². The lowest BCUT2D eigenvalue weighted by molar-refractivity contribution is 1.81. The molecule has 2 aromatic carbocycles. The molecule has 0 radical (unpaired) electrons. The molecule has 0 heterocycles. The Labute approximate surface area is 106 Å². The second-order valence-electron chi connectivity index (χ2n) is 4.67. The van der Waals surface area contributed by atoms with Crippen molar-refractivity contribution in [2.24, 2.45) is 0 Å². The minimum atomic E-state index is 1.31. The van der Waals surface area contributed by atoms with Gasteiger partial charge in [-0.05, 0) is 38.7 Å². The van der Waals surface area contributed by atoms with Crippen molar-refractivity contribution in [3.8, 4) is 11.1 Å². The summed E-state index contributed by atoms with van der Waals surface area (Å²) in [5, 5.41) is 5.35. The van der Waals surface area contributed by atoms with Gasteiger partial charge in [-0.15, -0.1) is 0 Å². The molecule has 0 amide bonds. The third-order valence-corrected chi connectivity index (χ3v) is 3.63. The molecular weight excluding hydrogens is 216 g/mol. The Morgan fingerprint density at radius 2 is 1.33 bits per heavy atom. The van der Waals surface area contributed by atoms with E-state index in [1.807, 2.05) is 0 Å². The van der Waals surface area contributed by atoms with Crippen molar-refractivity contribution >= 4 is 21.5 Å². The van der Waals surface area contributed by atoms with Gasteiger partial charge in [-0.3, -0.25) is 0 Å². The predicted molar refractivity (Wildman–Crippen MR) is 78.1 cm³/mol. The van der Waals surface area contributed by atoms with Crippen LogP contribution in [0.15, 0.2) is 72.8 Å². The van der Waals surface area contributed by atoms with Crippen LogP contribution in [0.1, 0.15) is 0 Å². The highest BCUT2D eigenvalue weighted by atomic mass is 14.1. The summed E-state index contributed by atoms with van der Waals surface area (Å²) in [6.45, 7) is 0. The number of fused-ring (bicyclic) bond motifs is 5. The van der Waals surface area contributed by atoms with Crippen molar-refractivity contribution in [3.05, 3.63) is 72.8 Å². The predicted octanol–water partition coefficient (Wildman–Crippen LogP) is 5.10. The van der Waals surface area contributed by atoms with Crippen LogP contribution >= 0.6 is 0 Å². The Hall–Kier alpha value is -2.34. The monoisotopic (exact) mass is 228 g/mol. The lowest BCUT2D eigenvalue weighted by atomic mass is 10.0. The molecule has 0 nitrogen and oxygen atoms in total. The normalized spacial score (nSPS) is 11.3. The van der Waals surface area contributed by atoms with Crippen molar-refractivity contribution < 1.29 is 0 Å². The van der Waals surface area contributed by atoms with Gasteiger partial charge in [-0.1, -0.05) is 66.7 Å². The minimum Gasteiger partial charge on any atom is -0.0622 e. The third kappa shape index (κ3) is 1.26. The van der Waals surface area contributed by atoms with E-state index in [0.29, 0.717) is 0 Å². The third-order valence-electron chi connectivity index (χ3n) is 3.63. The van der Waals surface area contributed by atoms with E-state index in [0.717, 1.165) is 0 Å². The summed E-state index contributed by atoms with van der Waals surface area (Å²) >= 11 is 0. The summed E-state index contributed by atoms with van der Waals surface area (Å²) < 4.78 is 0. The van der Waals surface area contributed by atoms with Gasteiger partial charge in [0.05, 0.1) is 0 Å². The minimum absolute atomic E-state index is 1.31. The maximum atomic E-state index is 2.30. The fourth-order valence-corrected chi connectivity index (χ4v) is 2.77. The van der Waals surface area contributed by atoms with E-state index in [-0.39, 0.29) is 0 Å². The molecule has 0 atom stereocenters. The van der Waals surface area contributed by atoms with Crippen LogP contribution in [0.4, 0.5) is 0 Å². The molecule has 0 saturated heterocycles. The number of rotatable bonds is 0. The molecule has 0 fully saturated rings. The smallest absolute Gasteiger partial charge is 0.00930 e. The first-order valence-electron chi connectivity index (χ1n) is 6.23. The van der Waals surface area contributed by atoms with E-state index in [1.165, 1.54) is 32.7 Å². The Morgan fingerprint density at radius 1 is 0.500 bits per heavy atom. The number of hydrogen-bond acceptors (Lipinski definition) is 0. The molecule has 0 heteroatoms. The van der Waals surface area contributed by atoms with Gasteiger partial charge in [0.2, 0.25) is 0 Å². The zero-order valence-electron chi connectivity index (χ0n) is 9.93. The van der Waals surface area contributed by atoms with Crippen LogP contribution in [0.2, 0.25) is 0 Å². The van der Waals surface area contributed by atoms with E-state index < -0.39 is 0 Å². The fourth-order valence-electron chi connectivity index (χ4n) is 2.77. The summed E-state index contributed by atoms with van der Waals surface area (Å²) in [7, 11) is 0. The van der Waals surface area contributed by atoms with Crippen molar-refractivity contribution in [1.29, 1.82) is 0 Å². The zero-order chi connectivity index (χ0) is 11.9. The molecule has 0 unspecified atom stereocenters. The molecule has 0 bridgehead atoms. The van der Waals surface area contributed by atoms with Crippen LogP contribution in [0, 0.1) is 0 Å². The molecule has 84 valence electrons. The highest BCUT2D eigenvalue weighted by Crippen LogP contribution is 2.37. The van der Waals surface area contributed by atoms with Crippen molar-refractivity contribution in [2.45, 2.75) is 0 Å². The maximum Gasteiger partial charge on any atom is -0.00930 e. The molecule has 4 rings (SSSR count). The quantitative estimate of drug-likeness (QED) is 0.393. The summed E-state index contributed by atoms with van der Waals surface area (Å²) in [4.78, 5) is 0. The molecule has 0 aliphatic heterocycles. The van der Waals surface area contributed by atoms with Crippen LogP contribution in [0.5, 0.6) is 0 Å². The average Bonchev–Trinajstić information content (AvgIpc) is 2.61. The highest BCUT2D eigenvalue weighted by Gasteiger charge is 2.09. The van der Waals surface area contributed by atoms with Gasteiger partial charge in [0.1, 0.15) is 0 Å². The summed E-state index contributed by atoms with van der Waals surface area (Å²) in [6.07, 6.45) is 0. The molecule has 18 heavy (non-hydrogen) atoms. The first-order chi connectivity index (χ1) is 8.93. The van der Waals surface area contributed by atoms with E-state index in [9.17, 15) is 0 Å². The maximum absolute atomic E-state index is 2.30. The molecule has 2 aliphatic carbocycles. The lowest BCUT2D eigenvalue weighted by Gasteiger charge is -1.99. The Bertz CT molecular complexity index is 827. The van der Waals surface area contributed by atoms with Crippen LogP contribution in [0.25, 0.3) is 32.7 Å². The van der Waals surface area contributed by atoms with Gasteiger partial charge in [0.15, 0.2) is 0 Å². The fraction of sp³-hybridized carbons (Fsp3) is 0. The molecule has 2 aromatic rings. The van der Waals surface area contributed by atoms with E-state index >= 15 is 0 Å². The van der Waals surface area contributed by atoms with Crippen LogP contribution in [-0.4, -0.2) is 0 Å². The summed E-state index contributed by atoms with van der Waals surface area (Å²) in [6, 6.07) is 26.0. The van der Waals surface area contributed by atoms with E-state index in [4.69, 9.17) is 0 Å². The topological polar surface area (TPSA) is 0 Å². The number of hydrogen-bond donors (Lipinski definition) is 0. The van der Waals surface area contributed by atoms with Gasteiger partial charge in [-0.2, -0.15) is 0 Å². The summed E-state index contributed by atoms with van der Waals surface area (Å²) in [5.41, 5.74) is 2.65. The lowest BCUT2D eigenvalue weighted by Crippen LogP contribution is -1.72. The zero-order valence-corrected chi connectivity index (χ0v) is 9.93. The van der Waals surface area contributed by atoms with Crippen LogP contribution in [-0.2, 0) is 0 Å². The average molecular weight is 228 g/mol. The summed E-state index contributed by atoms with van der Waals surface area (Å²) in [5.74, 6) is 0. The molecule has 0 N–H and O–H groups in total. The van der Waals surface area contributed by atoms with Crippen LogP contribution < -0.4 is 0 Å². The van der Waals surface area contributed by atoms with Gasteiger partial charge in [0.25, 0.3) is 0 Å². The van der Waals surface area contributed by atoms with E-state index in [2.05, 4.69) is 72.8 Å². The Balaban J connectivity index is 2.27. The standard InChI is InChI=1S/C18H12/c1-2-7-14-12-18-15-9-5-4-6-13(15)10-11-17(18)16(14)8-3-1/h1-12H. The van der Waals surface area contributed by atoms with Gasteiger partial charge >= 0.3 is 0 Å². The number of benzene rings is 2. The first kappa shape index (κ1) is 9.67. The van der Waals surface area contributed by atoms with Gasteiger partial charge < -0.3 is 0 Å². The Kier molecular flexibility index (Phi) is 1.92. The molecule has 0 aromatic heterocycles. The molecule has 0 spiro atoms. The van der Waals surface area contributed by atoms with Crippen molar-refractivity contribution in [1.82, 2.24) is 0 Å². The second kappa shape index (κ2) is 3.58. The van der Waals surface area contributed by atoms with Crippen molar-refractivity contribution in [3.63, 3.8) is 0 Å². The van der Waals surface area contributed by atoms with Gasteiger partial charge in [0, 0.05) is 0 Å². The van der Waals surface area contributed by atoms with Gasteiger partial charge in [-0.25, -0.2) is 0 Å². The first-order valence-corrected chi connectivity index (χ1v) is 6.23. The Morgan fingerprint density at radius 3 is 2.33 bits per heavy atom. The molecule has 0 saturated carbocycles. The second-order valence-corrected chi connectivity index (χ2v) is 4.67. The molecular formula is C18H12. The highest BCUT2D eigenvalue weighted by molar-refractivity contribution is 6.15. The SMILES string of the molecule is c1ccc2cc3c(ccc4ccccc43)c-2cc1. The van der Waals surface area contributed by atoms with E-state index in [1.54, 1.807) is 0 Å². The molecule has 2 aliphatic rings. The van der Waals surface area contributed by atoms with Crippen molar-refractivity contribution in [2.75, 3.05) is 0 Å². The largest absolute Gasteiger partial charge is 0.0622 e.